The summed E-state index contributed by atoms with van der Waals surface area (Å²) >= 11 is 0. The zero-order valence-corrected chi connectivity index (χ0v) is 15.1. The van der Waals surface area contributed by atoms with Crippen molar-refractivity contribution in [1.82, 2.24) is 15.3 Å². The van der Waals surface area contributed by atoms with Crippen molar-refractivity contribution >= 4 is 11.9 Å². The van der Waals surface area contributed by atoms with Crippen LogP contribution < -0.4 is 5.32 Å². The fraction of sp³-hybridized carbons (Fsp3) is 0.333. The highest BCUT2D eigenvalue weighted by atomic mass is 16.7. The van der Waals surface area contributed by atoms with Crippen LogP contribution in [0.5, 0.6) is 0 Å². The van der Waals surface area contributed by atoms with Gasteiger partial charge in [-0.15, -0.1) is 0 Å². The SMILES string of the molecule is O=C(NCc1ccccc1)[C@@H]1CC[C@@H]2CN1C(=O)N2OCc1ccccc1. The molecule has 0 aromatic heterocycles. The van der Waals surface area contributed by atoms with E-state index in [0.29, 0.717) is 26.1 Å². The molecule has 0 unspecified atom stereocenters. The first-order valence-corrected chi connectivity index (χ1v) is 9.30. The van der Waals surface area contributed by atoms with Gasteiger partial charge in [0.15, 0.2) is 0 Å². The van der Waals surface area contributed by atoms with Crippen molar-refractivity contribution in [1.29, 1.82) is 0 Å². The Morgan fingerprint density at radius 1 is 1.00 bits per heavy atom. The van der Waals surface area contributed by atoms with Crippen LogP contribution in [0, 0.1) is 0 Å². The Labute approximate surface area is 158 Å². The van der Waals surface area contributed by atoms with Crippen molar-refractivity contribution in [2.75, 3.05) is 6.54 Å². The third kappa shape index (κ3) is 3.80. The molecule has 4 rings (SSSR count). The van der Waals surface area contributed by atoms with Crippen LogP contribution in [0.15, 0.2) is 60.7 Å². The number of fused-ring (bicyclic) bond motifs is 2. The van der Waals surface area contributed by atoms with E-state index in [4.69, 9.17) is 4.84 Å². The molecule has 1 N–H and O–H groups in total. The lowest BCUT2D eigenvalue weighted by Crippen LogP contribution is -2.49. The van der Waals surface area contributed by atoms with Crippen LogP contribution in [0.1, 0.15) is 24.0 Å². The first kappa shape index (κ1) is 17.5. The van der Waals surface area contributed by atoms with Gasteiger partial charge in [0.25, 0.3) is 0 Å². The summed E-state index contributed by atoms with van der Waals surface area (Å²) in [6, 6.07) is 18.9. The van der Waals surface area contributed by atoms with Crippen LogP contribution in [0.3, 0.4) is 0 Å². The molecule has 2 heterocycles. The van der Waals surface area contributed by atoms with Gasteiger partial charge in [-0.05, 0) is 24.0 Å². The highest BCUT2D eigenvalue weighted by molar-refractivity contribution is 5.88. The smallest absolute Gasteiger partial charge is 0.345 e. The van der Waals surface area contributed by atoms with Gasteiger partial charge in [-0.3, -0.25) is 9.63 Å². The highest BCUT2D eigenvalue weighted by Gasteiger charge is 2.47. The van der Waals surface area contributed by atoms with Crippen molar-refractivity contribution in [3.05, 3.63) is 71.8 Å². The molecule has 2 aromatic carbocycles. The largest absolute Gasteiger partial charge is 0.350 e. The summed E-state index contributed by atoms with van der Waals surface area (Å²) in [5, 5.41) is 4.41. The number of hydrogen-bond donors (Lipinski definition) is 1. The molecule has 3 amide bonds. The summed E-state index contributed by atoms with van der Waals surface area (Å²) in [7, 11) is 0. The Balaban J connectivity index is 1.35. The number of hydrogen-bond acceptors (Lipinski definition) is 3. The van der Waals surface area contributed by atoms with Gasteiger partial charge >= 0.3 is 6.03 Å². The molecule has 6 heteroatoms. The summed E-state index contributed by atoms with van der Waals surface area (Å²) in [4.78, 5) is 32.8. The monoisotopic (exact) mass is 365 g/mol. The summed E-state index contributed by atoms with van der Waals surface area (Å²) in [5.41, 5.74) is 2.05. The van der Waals surface area contributed by atoms with E-state index in [2.05, 4.69) is 5.32 Å². The highest BCUT2D eigenvalue weighted by Crippen LogP contribution is 2.30. The zero-order valence-electron chi connectivity index (χ0n) is 15.1. The average molecular weight is 365 g/mol. The van der Waals surface area contributed by atoms with Crippen molar-refractivity contribution in [2.45, 2.75) is 38.1 Å². The predicted octanol–water partition coefficient (Wildman–Crippen LogP) is 2.70. The molecule has 0 radical (unpaired) electrons. The second-order valence-corrected chi connectivity index (χ2v) is 6.97. The lowest BCUT2D eigenvalue weighted by Gasteiger charge is -2.29. The third-order valence-corrected chi connectivity index (χ3v) is 5.15. The number of benzene rings is 2. The van der Waals surface area contributed by atoms with Gasteiger partial charge in [-0.25, -0.2) is 4.79 Å². The van der Waals surface area contributed by atoms with Crippen LogP contribution in [-0.4, -0.2) is 40.5 Å². The molecule has 2 aromatic rings. The minimum Gasteiger partial charge on any atom is -0.350 e. The Bertz CT molecular complexity index is 797. The van der Waals surface area contributed by atoms with Crippen molar-refractivity contribution < 1.29 is 14.4 Å². The standard InChI is InChI=1S/C21H23N3O3/c25-20(22-13-16-7-3-1-4-8-16)19-12-11-18-14-23(19)21(26)24(18)27-15-17-9-5-2-6-10-17/h1-10,18-19H,11-15H2,(H,22,25)/t18-,19+/m1/s1. The molecule has 0 aliphatic carbocycles. The molecule has 2 fully saturated rings. The van der Waals surface area contributed by atoms with Crippen LogP contribution in [-0.2, 0) is 22.8 Å². The Kier molecular flexibility index (Phi) is 5.07. The number of urea groups is 1. The quantitative estimate of drug-likeness (QED) is 0.856. The molecule has 140 valence electrons. The first-order chi connectivity index (χ1) is 13.2. The second kappa shape index (κ2) is 7.80. The van der Waals surface area contributed by atoms with Crippen molar-refractivity contribution in [2.24, 2.45) is 0 Å². The van der Waals surface area contributed by atoms with Crippen LogP contribution in [0.25, 0.3) is 0 Å². The van der Waals surface area contributed by atoms with Crippen molar-refractivity contribution in [3.8, 4) is 0 Å². The number of carbonyl (C=O) groups is 2. The van der Waals surface area contributed by atoms with Crippen molar-refractivity contribution in [3.63, 3.8) is 0 Å². The summed E-state index contributed by atoms with van der Waals surface area (Å²) in [6.07, 6.45) is 1.42. The normalized spacial score (nSPS) is 21.4. The van der Waals surface area contributed by atoms with E-state index in [1.54, 1.807) is 4.90 Å². The second-order valence-electron chi connectivity index (χ2n) is 6.97. The Morgan fingerprint density at radius 2 is 1.67 bits per heavy atom. The predicted molar refractivity (Wildman–Crippen MR) is 100 cm³/mol. The minimum absolute atomic E-state index is 0.0133. The molecule has 2 aliphatic heterocycles. The maximum Gasteiger partial charge on any atom is 0.345 e. The maximum atomic E-state index is 12.7. The van der Waals surface area contributed by atoms with Gasteiger partial charge in [0.05, 0.1) is 6.04 Å². The fourth-order valence-electron chi connectivity index (χ4n) is 3.69. The van der Waals surface area contributed by atoms with Gasteiger partial charge in [-0.2, -0.15) is 5.06 Å². The molecular weight excluding hydrogens is 342 g/mol. The van der Waals surface area contributed by atoms with Gasteiger partial charge in [0.2, 0.25) is 5.91 Å². The summed E-state index contributed by atoms with van der Waals surface area (Å²) in [6.45, 7) is 1.36. The Morgan fingerprint density at radius 3 is 2.37 bits per heavy atom. The molecule has 27 heavy (non-hydrogen) atoms. The van der Waals surface area contributed by atoms with E-state index >= 15 is 0 Å². The van der Waals surface area contributed by atoms with E-state index in [0.717, 1.165) is 17.5 Å². The van der Waals surface area contributed by atoms with Gasteiger partial charge in [0.1, 0.15) is 12.6 Å². The third-order valence-electron chi connectivity index (χ3n) is 5.15. The zero-order chi connectivity index (χ0) is 18.6. The summed E-state index contributed by atoms with van der Waals surface area (Å²) in [5.74, 6) is -0.101. The number of amides is 3. The van der Waals surface area contributed by atoms with E-state index < -0.39 is 6.04 Å². The van der Waals surface area contributed by atoms with Crippen LogP contribution >= 0.6 is 0 Å². The molecule has 2 aliphatic rings. The average Bonchev–Trinajstić information content (AvgIpc) is 2.96. The van der Waals surface area contributed by atoms with E-state index in [1.807, 2.05) is 60.7 Å². The Hall–Kier alpha value is -2.86. The van der Waals surface area contributed by atoms with Gasteiger partial charge < -0.3 is 10.2 Å². The van der Waals surface area contributed by atoms with E-state index in [1.165, 1.54) is 5.06 Å². The van der Waals surface area contributed by atoms with Crippen LogP contribution in [0.4, 0.5) is 4.79 Å². The van der Waals surface area contributed by atoms with Crippen LogP contribution in [0.2, 0.25) is 0 Å². The number of rotatable bonds is 6. The number of nitrogens with zero attached hydrogens (tertiary/aromatic N) is 2. The number of nitrogens with one attached hydrogen (secondary N) is 1. The lowest BCUT2D eigenvalue weighted by atomic mass is 10.0. The molecule has 0 saturated carbocycles. The fourth-order valence-corrected chi connectivity index (χ4v) is 3.69. The number of hydroxylamine groups is 2. The maximum absolute atomic E-state index is 12.7. The molecule has 0 spiro atoms. The molecular formula is C21H23N3O3. The number of carbonyl (C=O) groups excluding carboxylic acids is 2. The van der Waals surface area contributed by atoms with E-state index in [9.17, 15) is 9.59 Å². The topological polar surface area (TPSA) is 61.9 Å². The lowest BCUT2D eigenvalue weighted by molar-refractivity contribution is -0.140. The number of piperidine rings is 1. The minimum atomic E-state index is -0.428. The summed E-state index contributed by atoms with van der Waals surface area (Å²) < 4.78 is 0. The molecule has 6 nitrogen and oxygen atoms in total. The van der Waals surface area contributed by atoms with Gasteiger partial charge in [-0.1, -0.05) is 60.7 Å². The first-order valence-electron chi connectivity index (χ1n) is 9.30. The van der Waals surface area contributed by atoms with Gasteiger partial charge in [0, 0.05) is 13.1 Å². The molecule has 2 atom stereocenters. The molecule has 2 bridgehead atoms. The molecule has 2 saturated heterocycles. The van der Waals surface area contributed by atoms with E-state index in [-0.39, 0.29) is 18.0 Å².